The number of hydrogen-bond donors (Lipinski definition) is 1. The van der Waals surface area contributed by atoms with Crippen LogP contribution in [0.25, 0.3) is 6.08 Å². The average Bonchev–Trinajstić information content (AvgIpc) is 3.18. The van der Waals surface area contributed by atoms with Gasteiger partial charge in [-0.05, 0) is 41.3 Å². The van der Waals surface area contributed by atoms with Gasteiger partial charge in [0.15, 0.2) is 23.0 Å². The molecule has 0 fully saturated rings. The molecule has 0 radical (unpaired) electrons. The first-order chi connectivity index (χ1) is 18.0. The van der Waals surface area contributed by atoms with Crippen LogP contribution < -0.4 is 9.47 Å². The van der Waals surface area contributed by atoms with Crippen LogP contribution in [0.3, 0.4) is 0 Å². The lowest BCUT2D eigenvalue weighted by Gasteiger charge is -2.27. The maximum absolute atomic E-state index is 13.4. The number of rotatable bonds is 11. The second kappa shape index (κ2) is 12.1. The van der Waals surface area contributed by atoms with Crippen molar-refractivity contribution >= 4 is 17.8 Å². The van der Waals surface area contributed by atoms with Gasteiger partial charge >= 0.3 is 0 Å². The Balaban J connectivity index is 1.73. The summed E-state index contributed by atoms with van der Waals surface area (Å²) >= 11 is 0. The molecule has 0 spiro atoms. The number of aliphatic hydroxyl groups excluding tert-OH is 1. The molecular weight excluding hydrogens is 466 g/mol. The average molecular weight is 498 g/mol. The molecule has 6 heteroatoms. The van der Waals surface area contributed by atoms with Crippen LogP contribution in [0.5, 0.6) is 11.5 Å². The number of unbranched alkanes of at least 4 members (excludes halogenated alkanes) is 1. The molecule has 6 nitrogen and oxygen atoms in total. The second-order valence-corrected chi connectivity index (χ2v) is 8.80. The molecule has 1 aliphatic rings. The van der Waals surface area contributed by atoms with E-state index in [9.17, 15) is 14.7 Å². The molecule has 0 aliphatic carbocycles. The quantitative estimate of drug-likeness (QED) is 0.258. The van der Waals surface area contributed by atoms with Gasteiger partial charge in [0, 0.05) is 6.54 Å². The lowest BCUT2D eigenvalue weighted by atomic mass is 9.95. The first-order valence-corrected chi connectivity index (χ1v) is 12.4. The summed E-state index contributed by atoms with van der Waals surface area (Å²) in [6, 6.07) is 23.4. The van der Waals surface area contributed by atoms with Crippen LogP contribution in [0.2, 0.25) is 0 Å². The molecule has 4 rings (SSSR count). The van der Waals surface area contributed by atoms with Gasteiger partial charge in [0.1, 0.15) is 0 Å². The monoisotopic (exact) mass is 497 g/mol. The van der Waals surface area contributed by atoms with Crippen molar-refractivity contribution in [3.63, 3.8) is 0 Å². The third kappa shape index (κ3) is 5.92. The number of ketones is 1. The van der Waals surface area contributed by atoms with E-state index in [-0.39, 0.29) is 12.1 Å². The number of ether oxygens (including phenoxy) is 2. The Morgan fingerprint density at radius 3 is 2.38 bits per heavy atom. The largest absolute Gasteiger partial charge is 0.503 e. The second-order valence-electron chi connectivity index (χ2n) is 8.80. The summed E-state index contributed by atoms with van der Waals surface area (Å²) in [5, 5.41) is 10.9. The molecule has 3 aromatic rings. The minimum absolute atomic E-state index is 0.0369. The molecule has 0 saturated heterocycles. The Hall–Kier alpha value is -4.32. The molecule has 1 N–H and O–H groups in total. The van der Waals surface area contributed by atoms with E-state index >= 15 is 0 Å². The van der Waals surface area contributed by atoms with Gasteiger partial charge in [0.2, 0.25) is 0 Å². The topological polar surface area (TPSA) is 76.1 Å². The Morgan fingerprint density at radius 2 is 1.70 bits per heavy atom. The molecule has 37 heavy (non-hydrogen) atoms. The number of aliphatic hydroxyl groups is 1. The zero-order chi connectivity index (χ0) is 26.2. The Bertz CT molecular complexity index is 1300. The summed E-state index contributed by atoms with van der Waals surface area (Å²) in [4.78, 5) is 28.2. The lowest BCUT2D eigenvalue weighted by molar-refractivity contribution is -0.130. The van der Waals surface area contributed by atoms with Crippen molar-refractivity contribution in [1.29, 1.82) is 0 Å². The maximum atomic E-state index is 13.4. The predicted molar refractivity (Wildman–Crippen MR) is 143 cm³/mol. The highest BCUT2D eigenvalue weighted by molar-refractivity contribution is 6.14. The van der Waals surface area contributed by atoms with Crippen molar-refractivity contribution < 1.29 is 24.2 Å². The summed E-state index contributed by atoms with van der Waals surface area (Å²) < 4.78 is 11.4. The molecule has 0 saturated carbocycles. The van der Waals surface area contributed by atoms with E-state index in [1.165, 1.54) is 11.0 Å². The Kier molecular flexibility index (Phi) is 8.41. The van der Waals surface area contributed by atoms with Gasteiger partial charge in [-0.15, -0.1) is 0 Å². The lowest BCUT2D eigenvalue weighted by Crippen LogP contribution is -2.30. The zero-order valence-corrected chi connectivity index (χ0v) is 21.1. The van der Waals surface area contributed by atoms with E-state index in [1.807, 2.05) is 66.7 Å². The number of nitrogens with zero attached hydrogens (tertiary/aromatic N) is 1. The Morgan fingerprint density at radius 1 is 1.00 bits per heavy atom. The maximum Gasteiger partial charge on any atom is 0.290 e. The molecule has 3 aromatic carbocycles. The minimum Gasteiger partial charge on any atom is -0.503 e. The first-order valence-electron chi connectivity index (χ1n) is 12.4. The number of carbonyl (C=O) groups is 2. The number of hydrogen-bond acceptors (Lipinski definition) is 5. The fraction of sp³-hybridized carbons (Fsp3) is 0.226. The molecular formula is C31H31NO5. The summed E-state index contributed by atoms with van der Waals surface area (Å²) in [5.41, 5.74) is 2.40. The van der Waals surface area contributed by atoms with Gasteiger partial charge in [-0.1, -0.05) is 86.2 Å². The summed E-state index contributed by atoms with van der Waals surface area (Å²) in [6.07, 6.45) is 4.99. The van der Waals surface area contributed by atoms with Gasteiger partial charge < -0.3 is 19.5 Å². The molecule has 1 amide bonds. The standard InChI is InChI=1S/C31H31NO5/c1-3-4-19-37-26-18-16-24(20-27(26)36-2)29-28(25(33)17-15-22-11-7-5-8-12-22)30(34)31(35)32(29)21-23-13-9-6-10-14-23/h5-18,20,29,34H,3-4,19,21H2,1-2H3. The predicted octanol–water partition coefficient (Wildman–Crippen LogP) is 6.05. The zero-order valence-electron chi connectivity index (χ0n) is 21.1. The van der Waals surface area contributed by atoms with Crippen molar-refractivity contribution in [2.75, 3.05) is 13.7 Å². The normalized spacial score (nSPS) is 15.5. The van der Waals surface area contributed by atoms with Crippen LogP contribution in [-0.4, -0.2) is 35.4 Å². The summed E-state index contributed by atoms with van der Waals surface area (Å²) in [7, 11) is 1.55. The van der Waals surface area contributed by atoms with E-state index in [2.05, 4.69) is 6.92 Å². The third-order valence-electron chi connectivity index (χ3n) is 6.25. The van der Waals surface area contributed by atoms with Crippen LogP contribution in [0.1, 0.15) is 42.5 Å². The van der Waals surface area contributed by atoms with Gasteiger partial charge in [0.05, 0.1) is 25.3 Å². The van der Waals surface area contributed by atoms with Gasteiger partial charge in [-0.25, -0.2) is 0 Å². The van der Waals surface area contributed by atoms with E-state index in [0.29, 0.717) is 23.7 Å². The van der Waals surface area contributed by atoms with Crippen molar-refractivity contribution in [1.82, 2.24) is 4.90 Å². The fourth-order valence-corrected chi connectivity index (χ4v) is 4.32. The summed E-state index contributed by atoms with van der Waals surface area (Å²) in [6.45, 7) is 2.87. The van der Waals surface area contributed by atoms with Crippen LogP contribution in [-0.2, 0) is 16.1 Å². The van der Waals surface area contributed by atoms with E-state index in [4.69, 9.17) is 9.47 Å². The van der Waals surface area contributed by atoms with Crippen molar-refractivity contribution in [2.45, 2.75) is 32.4 Å². The Labute approximate surface area is 217 Å². The fourth-order valence-electron chi connectivity index (χ4n) is 4.32. The molecule has 190 valence electrons. The molecule has 1 atom stereocenters. The SMILES string of the molecule is CCCCOc1ccc(C2C(C(=O)C=Cc3ccccc3)=C(O)C(=O)N2Cc2ccccc2)cc1OC. The van der Waals surface area contributed by atoms with Crippen molar-refractivity contribution in [2.24, 2.45) is 0 Å². The number of allylic oxidation sites excluding steroid dienone is 1. The van der Waals surface area contributed by atoms with Gasteiger partial charge in [-0.2, -0.15) is 0 Å². The van der Waals surface area contributed by atoms with E-state index in [0.717, 1.165) is 24.0 Å². The highest BCUT2D eigenvalue weighted by Crippen LogP contribution is 2.41. The highest BCUT2D eigenvalue weighted by atomic mass is 16.5. The third-order valence-corrected chi connectivity index (χ3v) is 6.25. The number of benzene rings is 3. The summed E-state index contributed by atoms with van der Waals surface area (Å²) in [5.74, 6) is -0.474. The molecule has 1 aliphatic heterocycles. The smallest absolute Gasteiger partial charge is 0.290 e. The molecule has 1 heterocycles. The number of amides is 1. The number of carbonyl (C=O) groups excluding carboxylic acids is 2. The van der Waals surface area contributed by atoms with Gasteiger partial charge in [0.25, 0.3) is 5.91 Å². The highest BCUT2D eigenvalue weighted by Gasteiger charge is 2.43. The van der Waals surface area contributed by atoms with E-state index in [1.54, 1.807) is 25.3 Å². The van der Waals surface area contributed by atoms with Crippen LogP contribution in [0.4, 0.5) is 0 Å². The first kappa shape index (κ1) is 25.8. The van der Waals surface area contributed by atoms with Crippen LogP contribution >= 0.6 is 0 Å². The van der Waals surface area contributed by atoms with Crippen molar-refractivity contribution in [3.05, 3.63) is 113 Å². The van der Waals surface area contributed by atoms with E-state index < -0.39 is 23.5 Å². The number of methoxy groups -OCH3 is 1. The van der Waals surface area contributed by atoms with Crippen LogP contribution in [0.15, 0.2) is 96.3 Å². The van der Waals surface area contributed by atoms with Crippen molar-refractivity contribution in [3.8, 4) is 11.5 Å². The minimum atomic E-state index is -0.792. The molecule has 0 aromatic heterocycles. The molecule has 1 unspecified atom stereocenters. The molecule has 0 bridgehead atoms. The van der Waals surface area contributed by atoms with Gasteiger partial charge in [-0.3, -0.25) is 9.59 Å². The van der Waals surface area contributed by atoms with Crippen LogP contribution in [0, 0.1) is 0 Å².